The first-order chi connectivity index (χ1) is 32.3. The fourth-order valence-corrected chi connectivity index (χ4v) is 10.1. The molecule has 0 aliphatic carbocycles. The first-order valence-electron chi connectivity index (χ1n) is 24.5. The van der Waals surface area contributed by atoms with Gasteiger partial charge in [0.25, 0.3) is 11.8 Å². The van der Waals surface area contributed by atoms with E-state index in [-0.39, 0.29) is 67.2 Å². The standard InChI is InChI=1S/C51H78N6O11/c1-11-34(4)45(39(66-8)32-43(61)55-29-20-23-38(55)46(67-9)35(5)47(62)52-37(49(64)68-10)31-36-21-14-12-15-22-36)54(7)48(63)44(33(2)3)53-50(65)51(6)27-17-19-30-57(51)42(60)24-16-13-18-28-56-40(58)25-26-41(56)59/h12,14-15,21-22,25-26,33-35,37-39,44-46H,11,13,16-20,23-24,27-32H2,1-10H3,(H,52,62)(H,53,65). The first-order valence-corrected chi connectivity index (χ1v) is 24.5. The van der Waals surface area contributed by atoms with Gasteiger partial charge in [-0.05, 0) is 69.3 Å². The van der Waals surface area contributed by atoms with Gasteiger partial charge in [-0.15, -0.1) is 0 Å². The minimum absolute atomic E-state index is 0.0578. The van der Waals surface area contributed by atoms with E-state index in [1.807, 2.05) is 58.0 Å². The van der Waals surface area contributed by atoms with Gasteiger partial charge in [0.15, 0.2) is 0 Å². The van der Waals surface area contributed by atoms with Crippen molar-refractivity contribution < 1.29 is 52.6 Å². The largest absolute Gasteiger partial charge is 0.467 e. The van der Waals surface area contributed by atoms with E-state index in [1.165, 1.54) is 38.4 Å². The number of nitrogens with one attached hydrogen (secondary N) is 2. The maximum absolute atomic E-state index is 14.7. The lowest BCUT2D eigenvalue weighted by Gasteiger charge is -2.45. The fraction of sp³-hybridized carbons (Fsp3) is 0.686. The molecule has 9 unspecified atom stereocenters. The third kappa shape index (κ3) is 13.8. The SMILES string of the molecule is CCC(C)C(C(CC(=O)N1CCCC1C(OC)C(C)C(=O)NC(Cc1ccccc1)C(=O)OC)OC)N(C)C(=O)C(NC(=O)C1(C)CCCCN1C(=O)CCCCCN1C(=O)C=CC1=O)C(C)C. The van der Waals surface area contributed by atoms with E-state index in [2.05, 4.69) is 10.6 Å². The van der Waals surface area contributed by atoms with Crippen LogP contribution in [-0.2, 0) is 59.0 Å². The van der Waals surface area contributed by atoms with Gasteiger partial charge in [-0.1, -0.05) is 77.8 Å². The number of likely N-dealkylation sites (tertiary alicyclic amines) is 2. The summed E-state index contributed by atoms with van der Waals surface area (Å²) >= 11 is 0. The molecular formula is C51H78N6O11. The van der Waals surface area contributed by atoms with E-state index in [0.29, 0.717) is 58.0 Å². The molecule has 17 nitrogen and oxygen atoms in total. The van der Waals surface area contributed by atoms with Crippen molar-refractivity contribution >= 4 is 47.3 Å². The molecule has 0 spiro atoms. The highest BCUT2D eigenvalue weighted by molar-refractivity contribution is 6.12. The molecule has 68 heavy (non-hydrogen) atoms. The van der Waals surface area contributed by atoms with Crippen LogP contribution in [0.5, 0.6) is 0 Å². The lowest BCUT2D eigenvalue weighted by atomic mass is 9.86. The fourth-order valence-electron chi connectivity index (χ4n) is 10.1. The molecule has 9 atom stereocenters. The maximum atomic E-state index is 14.7. The van der Waals surface area contributed by atoms with Crippen LogP contribution in [-0.4, -0.2) is 157 Å². The van der Waals surface area contributed by atoms with E-state index in [0.717, 1.165) is 18.4 Å². The summed E-state index contributed by atoms with van der Waals surface area (Å²) in [5, 5.41) is 5.91. The van der Waals surface area contributed by atoms with E-state index in [9.17, 15) is 38.4 Å². The van der Waals surface area contributed by atoms with Crippen molar-refractivity contribution in [2.75, 3.05) is 48.0 Å². The number of carbonyl (C=O) groups excluding carboxylic acids is 8. The van der Waals surface area contributed by atoms with Gasteiger partial charge >= 0.3 is 5.97 Å². The highest BCUT2D eigenvalue weighted by atomic mass is 16.5. The molecule has 0 aromatic heterocycles. The Morgan fingerprint density at radius 3 is 2.13 bits per heavy atom. The van der Waals surface area contributed by atoms with E-state index in [4.69, 9.17) is 14.2 Å². The number of unbranched alkanes of at least 4 members (excludes halogenated alkanes) is 2. The molecule has 2 N–H and O–H groups in total. The number of esters is 1. The lowest BCUT2D eigenvalue weighted by molar-refractivity contribution is -0.153. The molecule has 0 bridgehead atoms. The van der Waals surface area contributed by atoms with Crippen molar-refractivity contribution in [3.8, 4) is 0 Å². The van der Waals surface area contributed by atoms with Gasteiger partial charge in [0.1, 0.15) is 17.6 Å². The number of nitrogens with zero attached hydrogens (tertiary/aromatic N) is 4. The highest BCUT2D eigenvalue weighted by Crippen LogP contribution is 2.32. The van der Waals surface area contributed by atoms with Crippen LogP contribution >= 0.6 is 0 Å². The zero-order valence-corrected chi connectivity index (χ0v) is 42.1. The number of likely N-dealkylation sites (N-methyl/N-ethyl adjacent to an activating group) is 1. The Morgan fingerprint density at radius 1 is 0.853 bits per heavy atom. The van der Waals surface area contributed by atoms with Gasteiger partial charge in [0.2, 0.25) is 29.5 Å². The second-order valence-corrected chi connectivity index (χ2v) is 19.3. The van der Waals surface area contributed by atoms with Crippen LogP contribution in [0.25, 0.3) is 0 Å². The van der Waals surface area contributed by atoms with Crippen molar-refractivity contribution in [1.29, 1.82) is 0 Å². The van der Waals surface area contributed by atoms with Crippen LogP contribution in [0, 0.1) is 17.8 Å². The number of ether oxygens (including phenoxy) is 3. The molecule has 3 aliphatic rings. The first kappa shape index (κ1) is 55.4. The van der Waals surface area contributed by atoms with Gasteiger partial charge < -0.3 is 39.5 Å². The number of piperidine rings is 1. The quantitative estimate of drug-likeness (QED) is 0.0809. The smallest absolute Gasteiger partial charge is 0.328 e. The van der Waals surface area contributed by atoms with Crippen LogP contribution in [0.1, 0.15) is 118 Å². The Balaban J connectivity index is 1.43. The van der Waals surface area contributed by atoms with Crippen molar-refractivity contribution in [2.24, 2.45) is 17.8 Å². The number of amides is 7. The van der Waals surface area contributed by atoms with E-state index in [1.54, 1.807) is 35.6 Å². The Morgan fingerprint density at radius 2 is 1.53 bits per heavy atom. The van der Waals surface area contributed by atoms with Crippen LogP contribution in [0.4, 0.5) is 0 Å². The molecule has 3 heterocycles. The highest BCUT2D eigenvalue weighted by Gasteiger charge is 2.47. The summed E-state index contributed by atoms with van der Waals surface area (Å²) < 4.78 is 17.0. The topological polar surface area (TPSA) is 201 Å². The van der Waals surface area contributed by atoms with Gasteiger partial charge in [-0.25, -0.2) is 4.79 Å². The number of rotatable bonds is 25. The Hall–Kier alpha value is -5.16. The van der Waals surface area contributed by atoms with E-state index < -0.39 is 65.6 Å². The van der Waals surface area contributed by atoms with E-state index >= 15 is 0 Å². The summed E-state index contributed by atoms with van der Waals surface area (Å²) in [6, 6.07) is 6.45. The monoisotopic (exact) mass is 951 g/mol. The Labute approximate surface area is 403 Å². The van der Waals surface area contributed by atoms with Crippen molar-refractivity contribution in [1.82, 2.24) is 30.2 Å². The summed E-state index contributed by atoms with van der Waals surface area (Å²) in [7, 11) is 5.99. The molecule has 1 aromatic carbocycles. The minimum atomic E-state index is -1.19. The summed E-state index contributed by atoms with van der Waals surface area (Å²) in [5.74, 6) is -3.95. The normalized spacial score (nSPS) is 21.5. The summed E-state index contributed by atoms with van der Waals surface area (Å²) in [5.41, 5.74) is -0.330. The van der Waals surface area contributed by atoms with Gasteiger partial charge in [-0.3, -0.25) is 38.5 Å². The summed E-state index contributed by atoms with van der Waals surface area (Å²) in [6.07, 6.45) is 7.06. The van der Waals surface area contributed by atoms with Gasteiger partial charge in [0.05, 0.1) is 43.7 Å². The molecular weight excluding hydrogens is 873 g/mol. The molecule has 2 saturated heterocycles. The summed E-state index contributed by atoms with van der Waals surface area (Å²) in [6.45, 7) is 12.3. The average molecular weight is 951 g/mol. The number of methoxy groups -OCH3 is 3. The zero-order valence-electron chi connectivity index (χ0n) is 42.1. The molecule has 2 fully saturated rings. The second kappa shape index (κ2) is 26.0. The molecule has 378 valence electrons. The number of imide groups is 1. The zero-order chi connectivity index (χ0) is 50.3. The van der Waals surface area contributed by atoms with Crippen LogP contribution in [0.3, 0.4) is 0 Å². The van der Waals surface area contributed by atoms with Crippen LogP contribution in [0.15, 0.2) is 42.5 Å². The third-order valence-electron chi connectivity index (χ3n) is 14.4. The Kier molecular flexibility index (Phi) is 21.2. The predicted octanol–water partition coefficient (Wildman–Crippen LogP) is 4.20. The molecule has 17 heteroatoms. The minimum Gasteiger partial charge on any atom is -0.467 e. The van der Waals surface area contributed by atoms with Crippen LogP contribution in [0.2, 0.25) is 0 Å². The maximum Gasteiger partial charge on any atom is 0.328 e. The number of hydrogen-bond donors (Lipinski definition) is 2. The molecule has 4 rings (SSSR count). The van der Waals surface area contributed by atoms with Crippen LogP contribution < -0.4 is 10.6 Å². The Bertz CT molecular complexity index is 1930. The molecule has 3 aliphatic heterocycles. The predicted molar refractivity (Wildman–Crippen MR) is 255 cm³/mol. The van der Waals surface area contributed by atoms with Crippen molar-refractivity contribution in [3.63, 3.8) is 0 Å². The second-order valence-electron chi connectivity index (χ2n) is 19.3. The number of hydrogen-bond acceptors (Lipinski definition) is 11. The lowest BCUT2D eigenvalue weighted by Crippen LogP contribution is -2.65. The third-order valence-corrected chi connectivity index (χ3v) is 14.4. The molecule has 0 saturated carbocycles. The van der Waals surface area contributed by atoms with Crippen molar-refractivity contribution in [2.45, 2.75) is 161 Å². The molecule has 7 amide bonds. The van der Waals surface area contributed by atoms with Gasteiger partial charge in [0, 0.05) is 65.9 Å². The van der Waals surface area contributed by atoms with Crippen molar-refractivity contribution in [3.05, 3.63) is 48.0 Å². The number of benzene rings is 1. The number of carbonyl (C=O) groups is 8. The summed E-state index contributed by atoms with van der Waals surface area (Å²) in [4.78, 5) is 114. The van der Waals surface area contributed by atoms with Gasteiger partial charge in [-0.2, -0.15) is 0 Å². The molecule has 0 radical (unpaired) electrons. The average Bonchev–Trinajstić information content (AvgIpc) is 3.94. The molecule has 1 aromatic rings.